The molecule has 9 heteroatoms. The summed E-state index contributed by atoms with van der Waals surface area (Å²) in [6.07, 6.45) is 7.80. The SMILES string of the molecule is CCCC(c1nnnn1Cc1ccccc1)N(Cc1cc2cc3c(cc2[nH]c1=O)OCO3)C1CCCCC1. The van der Waals surface area contributed by atoms with Gasteiger partial charge in [-0.25, -0.2) is 4.68 Å². The van der Waals surface area contributed by atoms with Gasteiger partial charge in [-0.2, -0.15) is 0 Å². The number of rotatable bonds is 9. The Morgan fingerprint density at radius 2 is 1.87 bits per heavy atom. The first-order valence-corrected chi connectivity index (χ1v) is 13.7. The lowest BCUT2D eigenvalue weighted by Gasteiger charge is -2.39. The molecule has 9 nitrogen and oxygen atoms in total. The molecule has 0 amide bonds. The average molecular weight is 515 g/mol. The molecule has 1 N–H and O–H groups in total. The molecule has 2 aromatic carbocycles. The van der Waals surface area contributed by atoms with E-state index in [2.05, 4.69) is 44.5 Å². The van der Waals surface area contributed by atoms with Gasteiger partial charge >= 0.3 is 0 Å². The second-order valence-electron chi connectivity index (χ2n) is 10.4. The molecular formula is C29H34N6O3. The van der Waals surface area contributed by atoms with Crippen molar-refractivity contribution in [3.63, 3.8) is 0 Å². The van der Waals surface area contributed by atoms with Crippen molar-refractivity contribution in [3.05, 3.63) is 75.8 Å². The third-order valence-electron chi connectivity index (χ3n) is 7.81. The highest BCUT2D eigenvalue weighted by molar-refractivity contribution is 5.83. The van der Waals surface area contributed by atoms with Crippen molar-refractivity contribution in [3.8, 4) is 11.5 Å². The number of hydrogen-bond donors (Lipinski definition) is 1. The minimum atomic E-state index is -0.0729. The smallest absolute Gasteiger partial charge is 0.252 e. The minimum Gasteiger partial charge on any atom is -0.454 e. The summed E-state index contributed by atoms with van der Waals surface area (Å²) in [5, 5.41) is 13.9. The van der Waals surface area contributed by atoms with Crippen LogP contribution in [0.1, 0.15) is 74.9 Å². The molecule has 38 heavy (non-hydrogen) atoms. The van der Waals surface area contributed by atoms with Crippen molar-refractivity contribution in [2.45, 2.75) is 77.0 Å². The number of tetrazole rings is 1. The van der Waals surface area contributed by atoms with Crippen LogP contribution in [0.4, 0.5) is 0 Å². The first-order valence-electron chi connectivity index (χ1n) is 13.7. The summed E-state index contributed by atoms with van der Waals surface area (Å²) in [6.45, 7) is 3.55. The Morgan fingerprint density at radius 3 is 2.66 bits per heavy atom. The molecule has 1 saturated carbocycles. The van der Waals surface area contributed by atoms with Crippen molar-refractivity contribution in [2.75, 3.05) is 6.79 Å². The molecule has 2 aromatic heterocycles. The van der Waals surface area contributed by atoms with E-state index in [1.807, 2.05) is 41.1 Å². The van der Waals surface area contributed by atoms with Gasteiger partial charge < -0.3 is 14.5 Å². The molecule has 1 fully saturated rings. The lowest BCUT2D eigenvalue weighted by Crippen LogP contribution is -2.41. The van der Waals surface area contributed by atoms with Crippen molar-refractivity contribution < 1.29 is 9.47 Å². The van der Waals surface area contributed by atoms with Gasteiger partial charge in [-0.05, 0) is 47.4 Å². The molecule has 2 aliphatic rings. The molecular weight excluding hydrogens is 480 g/mol. The number of H-pyrrole nitrogens is 1. The van der Waals surface area contributed by atoms with Crippen molar-refractivity contribution >= 4 is 10.9 Å². The standard InChI is InChI=1S/C29H34N6O3/c1-2-9-25(28-31-32-33-35(28)17-20-10-5-3-6-11-20)34(23-12-7-4-8-13-23)18-22-14-21-15-26-27(38-19-37-26)16-24(21)30-29(22)36/h3,5-6,10-11,14-16,23,25H,2,4,7-9,12-13,17-19H2,1H3,(H,30,36). The van der Waals surface area contributed by atoms with E-state index in [4.69, 9.17) is 9.47 Å². The molecule has 198 valence electrons. The third kappa shape index (κ3) is 5.03. The second kappa shape index (κ2) is 10.9. The molecule has 0 bridgehead atoms. The van der Waals surface area contributed by atoms with E-state index in [9.17, 15) is 4.79 Å². The number of nitrogens with one attached hydrogen (secondary N) is 1. The minimum absolute atomic E-state index is 0.00802. The predicted molar refractivity (Wildman–Crippen MR) is 144 cm³/mol. The Balaban J connectivity index is 1.37. The first-order chi connectivity index (χ1) is 18.7. The lowest BCUT2D eigenvalue weighted by atomic mass is 9.91. The number of ether oxygens (including phenoxy) is 2. The predicted octanol–water partition coefficient (Wildman–Crippen LogP) is 4.97. The van der Waals surface area contributed by atoms with E-state index >= 15 is 0 Å². The Morgan fingerprint density at radius 1 is 1.08 bits per heavy atom. The van der Waals surface area contributed by atoms with Crippen LogP contribution in [0.2, 0.25) is 0 Å². The summed E-state index contributed by atoms with van der Waals surface area (Å²) in [5.74, 6) is 2.24. The van der Waals surface area contributed by atoms with Gasteiger partial charge in [0.2, 0.25) is 6.79 Å². The van der Waals surface area contributed by atoms with Crippen LogP contribution in [0.5, 0.6) is 11.5 Å². The van der Waals surface area contributed by atoms with Gasteiger partial charge in [0.25, 0.3) is 5.56 Å². The van der Waals surface area contributed by atoms with Crippen LogP contribution < -0.4 is 15.0 Å². The van der Waals surface area contributed by atoms with Crippen LogP contribution in [-0.4, -0.2) is 42.9 Å². The second-order valence-corrected chi connectivity index (χ2v) is 10.4. The zero-order valence-corrected chi connectivity index (χ0v) is 21.8. The molecule has 0 radical (unpaired) electrons. The first kappa shape index (κ1) is 24.6. The van der Waals surface area contributed by atoms with Gasteiger partial charge in [-0.15, -0.1) is 5.10 Å². The van der Waals surface area contributed by atoms with Crippen LogP contribution in [0.25, 0.3) is 10.9 Å². The van der Waals surface area contributed by atoms with Crippen LogP contribution in [0, 0.1) is 0 Å². The normalized spacial score (nSPS) is 16.4. The van der Waals surface area contributed by atoms with Gasteiger partial charge in [0.05, 0.1) is 18.1 Å². The largest absolute Gasteiger partial charge is 0.454 e. The van der Waals surface area contributed by atoms with Crippen molar-refractivity contribution in [2.24, 2.45) is 0 Å². The summed E-state index contributed by atoms with van der Waals surface area (Å²) in [5.41, 5.74) is 2.58. The van der Waals surface area contributed by atoms with Crippen molar-refractivity contribution in [1.82, 2.24) is 30.1 Å². The lowest BCUT2D eigenvalue weighted by molar-refractivity contribution is 0.0812. The zero-order valence-electron chi connectivity index (χ0n) is 21.8. The van der Waals surface area contributed by atoms with Gasteiger partial charge in [-0.3, -0.25) is 9.69 Å². The molecule has 1 unspecified atom stereocenters. The maximum absolute atomic E-state index is 13.3. The van der Waals surface area contributed by atoms with E-state index in [0.29, 0.717) is 30.6 Å². The Labute approximate surface area is 221 Å². The summed E-state index contributed by atoms with van der Waals surface area (Å²) < 4.78 is 13.0. The van der Waals surface area contributed by atoms with E-state index in [-0.39, 0.29) is 18.4 Å². The Kier molecular flexibility index (Phi) is 7.09. The van der Waals surface area contributed by atoms with Gasteiger partial charge in [0.15, 0.2) is 17.3 Å². The molecule has 0 spiro atoms. The van der Waals surface area contributed by atoms with Crippen LogP contribution in [0.3, 0.4) is 0 Å². The topological polar surface area (TPSA) is 98.2 Å². The molecule has 4 aromatic rings. The Bertz CT molecular complexity index is 1440. The number of nitrogens with zero attached hydrogens (tertiary/aromatic N) is 5. The average Bonchev–Trinajstić information content (AvgIpc) is 3.60. The van der Waals surface area contributed by atoms with Gasteiger partial charge in [0.1, 0.15) is 0 Å². The van der Waals surface area contributed by atoms with Crippen LogP contribution >= 0.6 is 0 Å². The van der Waals surface area contributed by atoms with Gasteiger partial charge in [-0.1, -0.05) is 62.9 Å². The molecule has 3 heterocycles. The summed E-state index contributed by atoms with van der Waals surface area (Å²) in [6, 6.07) is 16.5. The van der Waals surface area contributed by atoms with E-state index in [1.165, 1.54) is 19.3 Å². The molecule has 1 aliphatic carbocycles. The quantitative estimate of drug-likeness (QED) is 0.337. The third-order valence-corrected chi connectivity index (χ3v) is 7.81. The number of pyridine rings is 1. The number of benzene rings is 2. The fraction of sp³-hybridized carbons (Fsp3) is 0.448. The Hall–Kier alpha value is -3.72. The zero-order chi connectivity index (χ0) is 25.9. The highest BCUT2D eigenvalue weighted by atomic mass is 16.7. The van der Waals surface area contributed by atoms with E-state index in [0.717, 1.165) is 53.5 Å². The molecule has 6 rings (SSSR count). The molecule has 1 aliphatic heterocycles. The van der Waals surface area contributed by atoms with E-state index in [1.54, 1.807) is 0 Å². The monoisotopic (exact) mass is 514 g/mol. The van der Waals surface area contributed by atoms with Crippen molar-refractivity contribution in [1.29, 1.82) is 0 Å². The van der Waals surface area contributed by atoms with Crippen LogP contribution in [0.15, 0.2) is 53.3 Å². The number of hydrogen-bond acceptors (Lipinski definition) is 7. The number of aromatic nitrogens is 5. The molecule has 1 atom stereocenters. The number of aromatic amines is 1. The van der Waals surface area contributed by atoms with E-state index < -0.39 is 0 Å². The van der Waals surface area contributed by atoms with Gasteiger partial charge in [0, 0.05) is 29.6 Å². The van der Waals surface area contributed by atoms with Crippen LogP contribution in [-0.2, 0) is 13.1 Å². The highest BCUT2D eigenvalue weighted by Gasteiger charge is 2.32. The number of fused-ring (bicyclic) bond motifs is 2. The summed E-state index contributed by atoms with van der Waals surface area (Å²) in [7, 11) is 0. The maximum atomic E-state index is 13.3. The summed E-state index contributed by atoms with van der Waals surface area (Å²) >= 11 is 0. The highest BCUT2D eigenvalue weighted by Crippen LogP contribution is 2.36. The maximum Gasteiger partial charge on any atom is 0.252 e. The molecule has 0 saturated heterocycles. The fourth-order valence-electron chi connectivity index (χ4n) is 5.90. The fourth-order valence-corrected chi connectivity index (χ4v) is 5.90. The summed E-state index contributed by atoms with van der Waals surface area (Å²) in [4.78, 5) is 18.9.